The minimum absolute atomic E-state index is 0.131. The molecular weight excluding hydrogens is 228 g/mol. The Morgan fingerprint density at radius 2 is 2.00 bits per heavy atom. The first kappa shape index (κ1) is 13.6. The van der Waals surface area contributed by atoms with Crippen LogP contribution in [0.4, 0.5) is 4.79 Å². The predicted octanol–water partition coefficient (Wildman–Crippen LogP) is 0.461. The highest BCUT2D eigenvalue weighted by atomic mass is 16.2. The molecule has 1 atom stereocenters. The molecular formula is C13H26N4O. The number of carbonyl (C=O) groups is 1. The Morgan fingerprint density at radius 1 is 1.33 bits per heavy atom. The zero-order chi connectivity index (χ0) is 13.0. The number of hydrogen-bond donors (Lipinski definition) is 2. The molecule has 0 radical (unpaired) electrons. The fourth-order valence-corrected chi connectivity index (χ4v) is 2.47. The standard InChI is InChI=1S/C13H26N4O/c1-11(9-14)10-16-5-7-17(8-6-16)13(18)15-12-3-2-4-12/h11-12H,2-10,14H2,1H3,(H,15,18). The molecule has 0 aromatic heterocycles. The van der Waals surface area contributed by atoms with E-state index in [1.165, 1.54) is 6.42 Å². The van der Waals surface area contributed by atoms with Crippen LogP contribution >= 0.6 is 0 Å². The Balaban J connectivity index is 1.67. The average molecular weight is 254 g/mol. The fourth-order valence-electron chi connectivity index (χ4n) is 2.47. The van der Waals surface area contributed by atoms with Crippen LogP contribution in [-0.2, 0) is 0 Å². The van der Waals surface area contributed by atoms with Gasteiger partial charge in [-0.05, 0) is 31.7 Å². The monoisotopic (exact) mass is 254 g/mol. The number of carbonyl (C=O) groups excluding carboxylic acids is 1. The van der Waals surface area contributed by atoms with E-state index in [1.54, 1.807) is 0 Å². The van der Waals surface area contributed by atoms with Gasteiger partial charge in [0.25, 0.3) is 0 Å². The van der Waals surface area contributed by atoms with Crippen LogP contribution in [0.2, 0.25) is 0 Å². The van der Waals surface area contributed by atoms with E-state index in [1.807, 2.05) is 4.90 Å². The van der Waals surface area contributed by atoms with Crippen LogP contribution in [-0.4, -0.2) is 61.1 Å². The van der Waals surface area contributed by atoms with Crippen molar-refractivity contribution < 1.29 is 4.79 Å². The highest BCUT2D eigenvalue weighted by molar-refractivity contribution is 5.74. The van der Waals surface area contributed by atoms with Crippen molar-refractivity contribution in [1.29, 1.82) is 0 Å². The lowest BCUT2D eigenvalue weighted by Gasteiger charge is -2.37. The van der Waals surface area contributed by atoms with Gasteiger partial charge in [0.1, 0.15) is 0 Å². The summed E-state index contributed by atoms with van der Waals surface area (Å²) in [5.74, 6) is 0.542. The molecule has 1 saturated heterocycles. The third kappa shape index (κ3) is 3.59. The summed E-state index contributed by atoms with van der Waals surface area (Å²) in [6, 6.07) is 0.569. The fraction of sp³-hybridized carbons (Fsp3) is 0.923. The zero-order valence-electron chi connectivity index (χ0n) is 11.4. The minimum atomic E-state index is 0.131. The number of piperazine rings is 1. The molecule has 0 aromatic rings. The van der Waals surface area contributed by atoms with E-state index < -0.39 is 0 Å². The SMILES string of the molecule is CC(CN)CN1CCN(C(=O)NC2CCC2)CC1. The van der Waals surface area contributed by atoms with E-state index in [-0.39, 0.29) is 6.03 Å². The van der Waals surface area contributed by atoms with E-state index in [9.17, 15) is 4.79 Å². The van der Waals surface area contributed by atoms with Crippen LogP contribution < -0.4 is 11.1 Å². The van der Waals surface area contributed by atoms with Gasteiger partial charge in [0.2, 0.25) is 0 Å². The van der Waals surface area contributed by atoms with E-state index in [0.717, 1.165) is 52.1 Å². The van der Waals surface area contributed by atoms with Crippen LogP contribution in [0.25, 0.3) is 0 Å². The lowest BCUT2D eigenvalue weighted by Crippen LogP contribution is -2.54. The highest BCUT2D eigenvalue weighted by Crippen LogP contribution is 2.18. The normalized spacial score (nSPS) is 23.6. The Morgan fingerprint density at radius 3 is 2.50 bits per heavy atom. The molecule has 0 bridgehead atoms. The summed E-state index contributed by atoms with van der Waals surface area (Å²) in [4.78, 5) is 16.3. The lowest BCUT2D eigenvalue weighted by atomic mass is 9.93. The Kier molecular flexibility index (Phi) is 4.83. The van der Waals surface area contributed by atoms with Crippen molar-refractivity contribution in [2.24, 2.45) is 11.7 Å². The zero-order valence-corrected chi connectivity index (χ0v) is 11.4. The molecule has 2 fully saturated rings. The number of nitrogens with zero attached hydrogens (tertiary/aromatic N) is 2. The number of nitrogens with two attached hydrogens (primary N) is 1. The van der Waals surface area contributed by atoms with Crippen molar-refractivity contribution in [3.63, 3.8) is 0 Å². The molecule has 1 heterocycles. The van der Waals surface area contributed by atoms with Gasteiger partial charge >= 0.3 is 6.03 Å². The maximum Gasteiger partial charge on any atom is 0.317 e. The lowest BCUT2D eigenvalue weighted by molar-refractivity contribution is 0.125. The molecule has 2 aliphatic rings. The van der Waals surface area contributed by atoms with Crippen molar-refractivity contribution >= 4 is 6.03 Å². The van der Waals surface area contributed by atoms with E-state index >= 15 is 0 Å². The van der Waals surface area contributed by atoms with Crippen molar-refractivity contribution in [3.05, 3.63) is 0 Å². The predicted molar refractivity (Wildman–Crippen MR) is 72.4 cm³/mol. The summed E-state index contributed by atoms with van der Waals surface area (Å²) in [5, 5.41) is 3.10. The van der Waals surface area contributed by atoms with Crippen molar-refractivity contribution in [1.82, 2.24) is 15.1 Å². The van der Waals surface area contributed by atoms with Crippen LogP contribution in [0.3, 0.4) is 0 Å². The highest BCUT2D eigenvalue weighted by Gasteiger charge is 2.25. The summed E-state index contributed by atoms with van der Waals surface area (Å²) in [6.07, 6.45) is 3.56. The first-order chi connectivity index (χ1) is 8.69. The van der Waals surface area contributed by atoms with E-state index in [0.29, 0.717) is 12.0 Å². The number of nitrogens with one attached hydrogen (secondary N) is 1. The second-order valence-corrected chi connectivity index (χ2v) is 5.71. The molecule has 18 heavy (non-hydrogen) atoms. The van der Waals surface area contributed by atoms with Crippen LogP contribution in [0.5, 0.6) is 0 Å². The molecule has 1 aliphatic heterocycles. The third-order valence-electron chi connectivity index (χ3n) is 4.06. The van der Waals surface area contributed by atoms with Gasteiger partial charge in [-0.1, -0.05) is 6.92 Å². The second-order valence-electron chi connectivity index (χ2n) is 5.71. The number of urea groups is 1. The van der Waals surface area contributed by atoms with Crippen molar-refractivity contribution in [3.8, 4) is 0 Å². The topological polar surface area (TPSA) is 61.6 Å². The summed E-state index contributed by atoms with van der Waals surface area (Å²) >= 11 is 0. The molecule has 3 N–H and O–H groups in total. The molecule has 1 aliphatic carbocycles. The molecule has 1 saturated carbocycles. The number of rotatable bonds is 4. The maximum atomic E-state index is 12.0. The largest absolute Gasteiger partial charge is 0.335 e. The molecule has 5 nitrogen and oxygen atoms in total. The van der Waals surface area contributed by atoms with Crippen molar-refractivity contribution in [2.45, 2.75) is 32.2 Å². The first-order valence-electron chi connectivity index (χ1n) is 7.17. The van der Waals surface area contributed by atoms with Crippen LogP contribution in [0.1, 0.15) is 26.2 Å². The molecule has 2 amide bonds. The Labute approximate surface area is 110 Å². The van der Waals surface area contributed by atoms with Gasteiger partial charge in [0, 0.05) is 38.8 Å². The molecule has 0 aromatic carbocycles. The minimum Gasteiger partial charge on any atom is -0.335 e. The molecule has 5 heteroatoms. The van der Waals surface area contributed by atoms with Gasteiger partial charge in [-0.25, -0.2) is 4.79 Å². The molecule has 0 spiro atoms. The van der Waals surface area contributed by atoms with Gasteiger partial charge in [-0.3, -0.25) is 4.90 Å². The number of amides is 2. The summed E-state index contributed by atoms with van der Waals surface area (Å²) in [7, 11) is 0. The Bertz CT molecular complexity index is 272. The molecule has 104 valence electrons. The van der Waals surface area contributed by atoms with Gasteiger partial charge in [-0.2, -0.15) is 0 Å². The van der Waals surface area contributed by atoms with Crippen LogP contribution in [0, 0.1) is 5.92 Å². The van der Waals surface area contributed by atoms with Gasteiger partial charge in [0.15, 0.2) is 0 Å². The van der Waals surface area contributed by atoms with Gasteiger partial charge in [0.05, 0.1) is 0 Å². The summed E-state index contributed by atoms with van der Waals surface area (Å²) in [6.45, 7) is 7.60. The molecule has 1 unspecified atom stereocenters. The first-order valence-corrected chi connectivity index (χ1v) is 7.17. The number of hydrogen-bond acceptors (Lipinski definition) is 3. The smallest absolute Gasteiger partial charge is 0.317 e. The Hall–Kier alpha value is -0.810. The van der Waals surface area contributed by atoms with Gasteiger partial charge in [-0.15, -0.1) is 0 Å². The maximum absolute atomic E-state index is 12.0. The second kappa shape index (κ2) is 6.38. The molecule has 2 rings (SSSR count). The van der Waals surface area contributed by atoms with Crippen molar-refractivity contribution in [2.75, 3.05) is 39.3 Å². The summed E-state index contributed by atoms with van der Waals surface area (Å²) < 4.78 is 0. The van der Waals surface area contributed by atoms with E-state index in [4.69, 9.17) is 5.73 Å². The average Bonchev–Trinajstić information content (AvgIpc) is 2.34. The third-order valence-corrected chi connectivity index (χ3v) is 4.06. The van der Waals surface area contributed by atoms with E-state index in [2.05, 4.69) is 17.1 Å². The summed E-state index contributed by atoms with van der Waals surface area (Å²) in [5.41, 5.74) is 5.64. The van der Waals surface area contributed by atoms with Crippen LogP contribution in [0.15, 0.2) is 0 Å². The van der Waals surface area contributed by atoms with Gasteiger partial charge < -0.3 is 16.0 Å². The quantitative estimate of drug-likeness (QED) is 0.766.